The van der Waals surface area contributed by atoms with Gasteiger partial charge in [0.05, 0.1) is 0 Å². The van der Waals surface area contributed by atoms with Crippen LogP contribution in [0.4, 0.5) is 0 Å². The Kier molecular flexibility index (Phi) is 9.81. The lowest BCUT2D eigenvalue weighted by Crippen LogP contribution is -2.27. The van der Waals surface area contributed by atoms with Crippen LogP contribution in [0.3, 0.4) is 0 Å². The molecule has 0 saturated heterocycles. The van der Waals surface area contributed by atoms with E-state index in [1.807, 2.05) is 0 Å². The number of carbonyl (C=O) groups excluding carboxylic acids is 2. The standard InChI is InChI=1S/C23H34O8/c1-22(2,3)30-20(26)14-28-17-11-16(9-7-8-10-19(24)25)12-18(13-17)29-15-21(27)31-23(4,5)6/h11-13H,7-10,14-15H2,1-6H3,(H,24,25). The summed E-state index contributed by atoms with van der Waals surface area (Å²) in [6.45, 7) is 10.1. The first-order valence-corrected chi connectivity index (χ1v) is 10.3. The van der Waals surface area contributed by atoms with E-state index in [9.17, 15) is 14.4 Å². The fourth-order valence-corrected chi connectivity index (χ4v) is 2.57. The largest absolute Gasteiger partial charge is 0.482 e. The zero-order valence-electron chi connectivity index (χ0n) is 19.3. The van der Waals surface area contributed by atoms with Crippen molar-refractivity contribution >= 4 is 17.9 Å². The Labute approximate surface area is 183 Å². The third-order valence-electron chi connectivity index (χ3n) is 3.60. The summed E-state index contributed by atoms with van der Waals surface area (Å²) in [5, 5.41) is 8.78. The summed E-state index contributed by atoms with van der Waals surface area (Å²) in [6.07, 6.45) is 1.89. The second-order valence-electron chi connectivity index (χ2n) is 9.16. The maximum absolute atomic E-state index is 11.9. The van der Waals surface area contributed by atoms with Gasteiger partial charge in [0.15, 0.2) is 13.2 Å². The average molecular weight is 439 g/mol. The topological polar surface area (TPSA) is 108 Å². The number of benzene rings is 1. The minimum absolute atomic E-state index is 0.0941. The molecular weight excluding hydrogens is 404 g/mol. The first-order chi connectivity index (χ1) is 14.2. The minimum atomic E-state index is -0.837. The highest BCUT2D eigenvalue weighted by Crippen LogP contribution is 2.25. The van der Waals surface area contributed by atoms with Crippen LogP contribution in [0.5, 0.6) is 11.5 Å². The Hall–Kier alpha value is -2.77. The number of hydrogen-bond acceptors (Lipinski definition) is 7. The van der Waals surface area contributed by atoms with Gasteiger partial charge in [0.1, 0.15) is 22.7 Å². The lowest BCUT2D eigenvalue weighted by atomic mass is 10.1. The molecule has 1 aromatic carbocycles. The fourth-order valence-electron chi connectivity index (χ4n) is 2.57. The smallest absolute Gasteiger partial charge is 0.344 e. The number of carboxylic acid groups (broad SMARTS) is 1. The van der Waals surface area contributed by atoms with Gasteiger partial charge in [-0.2, -0.15) is 0 Å². The van der Waals surface area contributed by atoms with E-state index >= 15 is 0 Å². The van der Waals surface area contributed by atoms with Gasteiger partial charge in [0, 0.05) is 12.5 Å². The van der Waals surface area contributed by atoms with Crippen molar-refractivity contribution in [2.75, 3.05) is 13.2 Å². The number of aryl methyl sites for hydroxylation is 1. The van der Waals surface area contributed by atoms with Gasteiger partial charge in [-0.1, -0.05) is 0 Å². The number of carbonyl (C=O) groups is 3. The van der Waals surface area contributed by atoms with Crippen LogP contribution in [-0.4, -0.2) is 47.4 Å². The number of hydrogen-bond donors (Lipinski definition) is 1. The average Bonchev–Trinajstić information content (AvgIpc) is 2.59. The molecule has 8 nitrogen and oxygen atoms in total. The molecule has 0 atom stereocenters. The summed E-state index contributed by atoms with van der Waals surface area (Å²) < 4.78 is 21.6. The molecule has 0 amide bonds. The minimum Gasteiger partial charge on any atom is -0.482 e. The van der Waals surface area contributed by atoms with E-state index in [2.05, 4.69) is 0 Å². The summed E-state index contributed by atoms with van der Waals surface area (Å²) in [4.78, 5) is 34.5. The summed E-state index contributed by atoms with van der Waals surface area (Å²) in [7, 11) is 0. The van der Waals surface area contributed by atoms with Crippen LogP contribution in [0.1, 0.15) is 66.4 Å². The lowest BCUT2D eigenvalue weighted by Gasteiger charge is -2.20. The van der Waals surface area contributed by atoms with Crippen LogP contribution in [0.2, 0.25) is 0 Å². The molecule has 31 heavy (non-hydrogen) atoms. The van der Waals surface area contributed by atoms with Crippen LogP contribution in [-0.2, 0) is 30.3 Å². The molecule has 0 heterocycles. The fraction of sp³-hybridized carbons (Fsp3) is 0.609. The molecular formula is C23H34O8. The molecule has 174 valence electrons. The molecule has 0 aliphatic heterocycles. The number of ether oxygens (including phenoxy) is 4. The van der Waals surface area contributed by atoms with Gasteiger partial charge in [-0.15, -0.1) is 0 Å². The molecule has 0 bridgehead atoms. The van der Waals surface area contributed by atoms with Crippen LogP contribution in [0.25, 0.3) is 0 Å². The maximum Gasteiger partial charge on any atom is 0.344 e. The lowest BCUT2D eigenvalue weighted by molar-refractivity contribution is -0.158. The predicted octanol–water partition coefficient (Wildman–Crippen LogP) is 3.93. The van der Waals surface area contributed by atoms with Crippen molar-refractivity contribution in [1.82, 2.24) is 0 Å². The van der Waals surface area contributed by atoms with Crippen molar-refractivity contribution in [3.05, 3.63) is 23.8 Å². The van der Waals surface area contributed by atoms with E-state index in [1.165, 1.54) is 0 Å². The van der Waals surface area contributed by atoms with Gasteiger partial charge in [-0.3, -0.25) is 4.79 Å². The molecule has 1 aromatic rings. The Morgan fingerprint density at radius 2 is 1.23 bits per heavy atom. The Balaban J connectivity index is 2.82. The van der Waals surface area contributed by atoms with E-state index in [-0.39, 0.29) is 19.6 Å². The molecule has 8 heteroatoms. The van der Waals surface area contributed by atoms with Gasteiger partial charge in [0.25, 0.3) is 0 Å². The number of unbranched alkanes of at least 4 members (excludes halogenated alkanes) is 1. The zero-order chi connectivity index (χ0) is 23.7. The quantitative estimate of drug-likeness (QED) is 0.409. The summed E-state index contributed by atoms with van der Waals surface area (Å²) in [5.41, 5.74) is -0.395. The third kappa shape index (κ3) is 13.2. The van der Waals surface area contributed by atoms with Crippen LogP contribution >= 0.6 is 0 Å². The number of aliphatic carboxylic acids is 1. The highest BCUT2D eigenvalue weighted by atomic mass is 16.6. The van der Waals surface area contributed by atoms with Crippen LogP contribution < -0.4 is 9.47 Å². The van der Waals surface area contributed by atoms with Crippen molar-refractivity contribution < 1.29 is 38.4 Å². The van der Waals surface area contributed by atoms with Crippen molar-refractivity contribution in [2.45, 2.75) is 78.4 Å². The monoisotopic (exact) mass is 438 g/mol. The summed E-state index contributed by atoms with van der Waals surface area (Å²) in [5.74, 6) is -1.07. The predicted molar refractivity (Wildman–Crippen MR) is 114 cm³/mol. The first kappa shape index (κ1) is 26.3. The number of carboxylic acids is 1. The van der Waals surface area contributed by atoms with Crippen molar-refractivity contribution in [1.29, 1.82) is 0 Å². The summed E-state index contributed by atoms with van der Waals surface area (Å²) in [6, 6.07) is 5.09. The molecule has 0 radical (unpaired) electrons. The van der Waals surface area contributed by atoms with Crippen molar-refractivity contribution in [2.24, 2.45) is 0 Å². The van der Waals surface area contributed by atoms with Gasteiger partial charge >= 0.3 is 17.9 Å². The summed E-state index contributed by atoms with van der Waals surface area (Å²) >= 11 is 0. The van der Waals surface area contributed by atoms with Crippen LogP contribution in [0, 0.1) is 0 Å². The molecule has 0 fully saturated rings. The maximum atomic E-state index is 11.9. The second kappa shape index (κ2) is 11.6. The molecule has 0 aromatic heterocycles. The molecule has 1 rings (SSSR count). The Bertz CT molecular complexity index is 706. The normalized spacial score (nSPS) is 11.5. The Morgan fingerprint density at radius 3 is 1.61 bits per heavy atom. The Morgan fingerprint density at radius 1 is 0.774 bits per heavy atom. The molecule has 0 aliphatic rings. The van der Waals surface area contributed by atoms with E-state index in [4.69, 9.17) is 24.1 Å². The van der Waals surface area contributed by atoms with E-state index in [1.54, 1.807) is 59.7 Å². The third-order valence-corrected chi connectivity index (χ3v) is 3.60. The molecule has 0 saturated carbocycles. The molecule has 1 N–H and O–H groups in total. The van der Waals surface area contributed by atoms with Crippen molar-refractivity contribution in [3.8, 4) is 11.5 Å². The second-order valence-corrected chi connectivity index (χ2v) is 9.16. The van der Waals surface area contributed by atoms with Crippen LogP contribution in [0.15, 0.2) is 18.2 Å². The van der Waals surface area contributed by atoms with Gasteiger partial charge < -0.3 is 24.1 Å². The highest BCUT2D eigenvalue weighted by molar-refractivity contribution is 5.72. The molecule has 0 unspecified atom stereocenters. The zero-order valence-corrected chi connectivity index (χ0v) is 19.3. The van der Waals surface area contributed by atoms with Gasteiger partial charge in [-0.05, 0) is 78.5 Å². The van der Waals surface area contributed by atoms with E-state index in [0.717, 1.165) is 5.56 Å². The highest BCUT2D eigenvalue weighted by Gasteiger charge is 2.18. The molecule has 0 spiro atoms. The van der Waals surface area contributed by atoms with Gasteiger partial charge in [-0.25, -0.2) is 9.59 Å². The van der Waals surface area contributed by atoms with Gasteiger partial charge in [0.2, 0.25) is 0 Å². The van der Waals surface area contributed by atoms with E-state index < -0.39 is 29.1 Å². The SMILES string of the molecule is CC(C)(C)OC(=O)COc1cc(CCCCC(=O)O)cc(OCC(=O)OC(C)(C)C)c1. The number of rotatable bonds is 11. The first-order valence-electron chi connectivity index (χ1n) is 10.3. The number of esters is 2. The van der Waals surface area contributed by atoms with Crippen molar-refractivity contribution in [3.63, 3.8) is 0 Å². The molecule has 0 aliphatic carbocycles. The van der Waals surface area contributed by atoms with E-state index in [0.29, 0.717) is 30.8 Å².